The Morgan fingerprint density at radius 2 is 1.45 bits per heavy atom. The van der Waals surface area contributed by atoms with Crippen molar-refractivity contribution in [3.63, 3.8) is 0 Å². The molecule has 0 fully saturated rings. The van der Waals surface area contributed by atoms with Crippen molar-refractivity contribution in [2.75, 3.05) is 19.4 Å². The lowest BCUT2D eigenvalue weighted by molar-refractivity contribution is 0.256. The quantitative estimate of drug-likeness (QED) is 0.707. The van der Waals surface area contributed by atoms with Crippen LogP contribution in [0.25, 0.3) is 0 Å². The Morgan fingerprint density at radius 1 is 0.871 bits per heavy atom. The molecular formula is C21H25N3O5S2. The zero-order chi connectivity index (χ0) is 22.4. The van der Waals surface area contributed by atoms with E-state index in [2.05, 4.69) is 11.4 Å². The van der Waals surface area contributed by atoms with Gasteiger partial charge < -0.3 is 5.32 Å². The van der Waals surface area contributed by atoms with E-state index in [1.807, 2.05) is 4.72 Å². The Kier molecular flexibility index (Phi) is 5.57. The summed E-state index contributed by atoms with van der Waals surface area (Å²) in [4.78, 5) is 12.2. The number of hydrogen-bond acceptors (Lipinski definition) is 5. The Hall–Kier alpha value is -2.43. The van der Waals surface area contributed by atoms with Crippen LogP contribution in [0.5, 0.6) is 0 Å². The standard InChI is InChI=1S/C21H25N3O5S2/c1-24(2)31(28,29)17-9-5-8-16(13-17)30(26,27)23-21(25)22-20-18-10-3-6-14(18)12-15-7-4-11-19(15)20/h5,8-9,12-13H,3-4,6-7,10-11H2,1-2H3,(H2,22,23,25). The van der Waals surface area contributed by atoms with Gasteiger partial charge in [-0.15, -0.1) is 0 Å². The van der Waals surface area contributed by atoms with E-state index in [1.54, 1.807) is 0 Å². The smallest absolute Gasteiger partial charge is 0.307 e. The van der Waals surface area contributed by atoms with E-state index < -0.39 is 26.1 Å². The third-order valence-corrected chi connectivity index (χ3v) is 8.97. The van der Waals surface area contributed by atoms with Gasteiger partial charge in [0, 0.05) is 19.8 Å². The molecule has 2 aromatic carbocycles. The van der Waals surface area contributed by atoms with Gasteiger partial charge in [0.05, 0.1) is 9.79 Å². The first-order valence-electron chi connectivity index (χ1n) is 10.1. The number of aryl methyl sites for hydroxylation is 2. The molecule has 0 aliphatic heterocycles. The monoisotopic (exact) mass is 463 g/mol. The summed E-state index contributed by atoms with van der Waals surface area (Å²) in [6.45, 7) is 0. The number of sulfonamides is 2. The van der Waals surface area contributed by atoms with Crippen LogP contribution in [-0.4, -0.2) is 41.3 Å². The number of carbonyl (C=O) groups is 1. The lowest BCUT2D eigenvalue weighted by Gasteiger charge is -2.17. The van der Waals surface area contributed by atoms with Crippen molar-refractivity contribution in [1.82, 2.24) is 9.03 Å². The summed E-state index contributed by atoms with van der Waals surface area (Å²) in [5.41, 5.74) is 5.36. The molecule has 0 saturated carbocycles. The Morgan fingerprint density at radius 3 is 2.03 bits per heavy atom. The molecule has 2 aliphatic rings. The largest absolute Gasteiger partial charge is 0.333 e. The molecule has 31 heavy (non-hydrogen) atoms. The van der Waals surface area contributed by atoms with Gasteiger partial charge in [0.1, 0.15) is 0 Å². The van der Waals surface area contributed by atoms with E-state index in [9.17, 15) is 21.6 Å². The van der Waals surface area contributed by atoms with Crippen LogP contribution in [0.1, 0.15) is 35.1 Å². The zero-order valence-corrected chi connectivity index (χ0v) is 19.1. The van der Waals surface area contributed by atoms with E-state index in [4.69, 9.17) is 0 Å². The van der Waals surface area contributed by atoms with Crippen LogP contribution in [0.15, 0.2) is 40.1 Å². The molecule has 8 nitrogen and oxygen atoms in total. The average Bonchev–Trinajstić information content (AvgIpc) is 3.36. The SMILES string of the molecule is CN(C)S(=O)(=O)c1cccc(S(=O)(=O)NC(=O)Nc2c3c(cc4c2CCC4)CCC3)c1. The zero-order valence-electron chi connectivity index (χ0n) is 17.4. The molecule has 4 rings (SSSR count). The summed E-state index contributed by atoms with van der Waals surface area (Å²) in [6.07, 6.45) is 5.67. The van der Waals surface area contributed by atoms with Gasteiger partial charge in [-0.1, -0.05) is 12.1 Å². The summed E-state index contributed by atoms with van der Waals surface area (Å²) in [5, 5.41) is 2.78. The molecule has 2 amide bonds. The highest BCUT2D eigenvalue weighted by molar-refractivity contribution is 7.90. The van der Waals surface area contributed by atoms with Crippen molar-refractivity contribution in [3.8, 4) is 0 Å². The molecule has 2 aliphatic carbocycles. The van der Waals surface area contributed by atoms with Crippen molar-refractivity contribution in [2.24, 2.45) is 0 Å². The molecular weight excluding hydrogens is 438 g/mol. The normalized spacial score (nSPS) is 15.6. The molecule has 2 aromatic rings. The molecule has 0 saturated heterocycles. The van der Waals surface area contributed by atoms with Crippen LogP contribution < -0.4 is 10.0 Å². The molecule has 0 atom stereocenters. The van der Waals surface area contributed by atoms with Crippen LogP contribution in [0.3, 0.4) is 0 Å². The van der Waals surface area contributed by atoms with E-state index >= 15 is 0 Å². The molecule has 0 bridgehead atoms. The minimum Gasteiger partial charge on any atom is -0.307 e. The van der Waals surface area contributed by atoms with Crippen LogP contribution in [0.2, 0.25) is 0 Å². The minimum absolute atomic E-state index is 0.167. The fraction of sp³-hybridized carbons (Fsp3) is 0.381. The third-order valence-electron chi connectivity index (χ3n) is 5.83. The second-order valence-electron chi connectivity index (χ2n) is 8.06. The predicted molar refractivity (Wildman–Crippen MR) is 117 cm³/mol. The summed E-state index contributed by atoms with van der Waals surface area (Å²) in [6, 6.07) is 6.31. The first-order chi connectivity index (χ1) is 14.6. The molecule has 0 unspecified atom stereocenters. The van der Waals surface area contributed by atoms with Gasteiger partial charge in [-0.05, 0) is 79.0 Å². The van der Waals surface area contributed by atoms with Gasteiger partial charge in [0.15, 0.2) is 0 Å². The number of anilines is 1. The van der Waals surface area contributed by atoms with Crippen LogP contribution in [0, 0.1) is 0 Å². The highest BCUT2D eigenvalue weighted by atomic mass is 32.2. The molecule has 0 aromatic heterocycles. The van der Waals surface area contributed by atoms with Gasteiger partial charge in [0.2, 0.25) is 10.0 Å². The van der Waals surface area contributed by atoms with E-state index in [0.29, 0.717) is 0 Å². The molecule has 10 heteroatoms. The number of rotatable bonds is 5. The number of fused-ring (bicyclic) bond motifs is 2. The second kappa shape index (κ2) is 7.92. The number of amides is 2. The first kappa shape index (κ1) is 21.8. The number of nitrogens with one attached hydrogen (secondary N) is 2. The number of nitrogens with zero attached hydrogens (tertiary/aromatic N) is 1. The van der Waals surface area contributed by atoms with Crippen molar-refractivity contribution in [1.29, 1.82) is 0 Å². The third kappa shape index (κ3) is 4.07. The van der Waals surface area contributed by atoms with Crippen molar-refractivity contribution >= 4 is 31.8 Å². The lowest BCUT2D eigenvalue weighted by Crippen LogP contribution is -2.35. The van der Waals surface area contributed by atoms with Gasteiger partial charge in [-0.3, -0.25) is 0 Å². The lowest BCUT2D eigenvalue weighted by atomic mass is 9.99. The molecule has 2 N–H and O–H groups in total. The highest BCUT2D eigenvalue weighted by Crippen LogP contribution is 2.38. The fourth-order valence-electron chi connectivity index (χ4n) is 4.30. The maximum absolute atomic E-state index is 12.8. The van der Waals surface area contributed by atoms with Gasteiger partial charge in [0.25, 0.3) is 10.0 Å². The predicted octanol–water partition coefficient (Wildman–Crippen LogP) is 2.42. The number of carbonyl (C=O) groups excluding carboxylic acids is 1. The fourth-order valence-corrected chi connectivity index (χ4v) is 6.28. The van der Waals surface area contributed by atoms with E-state index in [-0.39, 0.29) is 9.79 Å². The van der Waals surface area contributed by atoms with E-state index in [0.717, 1.165) is 65.7 Å². The summed E-state index contributed by atoms with van der Waals surface area (Å²) >= 11 is 0. The Labute approximate surface area is 182 Å². The topological polar surface area (TPSA) is 113 Å². The average molecular weight is 464 g/mol. The molecule has 0 heterocycles. The van der Waals surface area contributed by atoms with Crippen molar-refractivity contribution < 1.29 is 21.6 Å². The van der Waals surface area contributed by atoms with Crippen LogP contribution in [-0.2, 0) is 45.7 Å². The van der Waals surface area contributed by atoms with Crippen molar-refractivity contribution in [3.05, 3.63) is 52.6 Å². The minimum atomic E-state index is -4.26. The number of hydrogen-bond donors (Lipinski definition) is 2. The number of benzene rings is 2. The maximum Gasteiger partial charge on any atom is 0.333 e. The summed E-state index contributed by atoms with van der Waals surface area (Å²) in [5.74, 6) is 0. The van der Waals surface area contributed by atoms with Gasteiger partial charge in [-0.25, -0.2) is 30.7 Å². The maximum atomic E-state index is 12.8. The Bertz CT molecular complexity index is 1240. The van der Waals surface area contributed by atoms with Crippen LogP contribution >= 0.6 is 0 Å². The van der Waals surface area contributed by atoms with Gasteiger partial charge >= 0.3 is 6.03 Å². The van der Waals surface area contributed by atoms with Gasteiger partial charge in [-0.2, -0.15) is 0 Å². The Balaban J connectivity index is 1.59. The highest BCUT2D eigenvalue weighted by Gasteiger charge is 2.27. The summed E-state index contributed by atoms with van der Waals surface area (Å²) < 4.78 is 53.2. The van der Waals surface area contributed by atoms with E-state index in [1.165, 1.54) is 43.4 Å². The molecule has 0 spiro atoms. The first-order valence-corrected chi connectivity index (χ1v) is 13.0. The summed E-state index contributed by atoms with van der Waals surface area (Å²) in [7, 11) is -5.35. The van der Waals surface area contributed by atoms with Crippen molar-refractivity contribution in [2.45, 2.75) is 48.3 Å². The second-order valence-corrected chi connectivity index (χ2v) is 11.9. The molecule has 166 valence electrons. The number of urea groups is 1. The molecule has 0 radical (unpaired) electrons. The van der Waals surface area contributed by atoms with Crippen LogP contribution in [0.4, 0.5) is 10.5 Å².